The highest BCUT2D eigenvalue weighted by Gasteiger charge is 2.31. The summed E-state index contributed by atoms with van der Waals surface area (Å²) < 4.78 is 38.7. The third kappa shape index (κ3) is 4.24. The number of nitriles is 1. The van der Waals surface area contributed by atoms with Gasteiger partial charge >= 0.3 is 6.18 Å². The van der Waals surface area contributed by atoms with Crippen molar-refractivity contribution in [1.82, 2.24) is 9.97 Å². The topological polar surface area (TPSA) is 78.7 Å². The fourth-order valence-electron chi connectivity index (χ4n) is 2.18. The number of amides is 1. The van der Waals surface area contributed by atoms with E-state index < -0.39 is 17.6 Å². The van der Waals surface area contributed by atoms with Crippen LogP contribution in [0.15, 0.2) is 42.6 Å². The predicted octanol–water partition coefficient (Wildman–Crippen LogP) is 5.00. The van der Waals surface area contributed by atoms with Gasteiger partial charge in [0.05, 0.1) is 11.3 Å². The van der Waals surface area contributed by atoms with Gasteiger partial charge in [0.15, 0.2) is 5.13 Å². The fourth-order valence-corrected chi connectivity index (χ4v) is 3.18. The molecule has 3 rings (SSSR count). The quantitative estimate of drug-likeness (QED) is 0.661. The van der Waals surface area contributed by atoms with E-state index in [1.807, 2.05) is 6.07 Å². The summed E-state index contributed by atoms with van der Waals surface area (Å²) in [5.74, 6) is -0.825. The number of halogens is 4. The van der Waals surface area contributed by atoms with Crippen LogP contribution >= 0.6 is 22.9 Å². The van der Waals surface area contributed by atoms with E-state index >= 15 is 0 Å². The van der Waals surface area contributed by atoms with E-state index in [2.05, 4.69) is 15.3 Å². The molecule has 0 fully saturated rings. The normalized spacial score (nSPS) is 11.1. The average Bonchev–Trinajstić information content (AvgIpc) is 3.04. The van der Waals surface area contributed by atoms with Gasteiger partial charge in [-0.1, -0.05) is 29.0 Å². The molecule has 3 aromatic rings. The number of rotatable bonds is 3. The van der Waals surface area contributed by atoms with Crippen molar-refractivity contribution in [3.8, 4) is 17.5 Å². The second-order valence-corrected chi connectivity index (χ2v) is 6.64. The van der Waals surface area contributed by atoms with Gasteiger partial charge in [0.2, 0.25) is 0 Å². The molecular weight excluding hydrogens is 401 g/mol. The third-order valence-electron chi connectivity index (χ3n) is 3.34. The van der Waals surface area contributed by atoms with Gasteiger partial charge in [-0.2, -0.15) is 18.4 Å². The van der Waals surface area contributed by atoms with Crippen LogP contribution in [0.5, 0.6) is 0 Å². The molecular formula is C17H8ClF3N4OS. The van der Waals surface area contributed by atoms with Crippen LogP contribution in [0.4, 0.5) is 18.3 Å². The van der Waals surface area contributed by atoms with Crippen LogP contribution < -0.4 is 5.32 Å². The highest BCUT2D eigenvalue weighted by molar-refractivity contribution is 7.16. The van der Waals surface area contributed by atoms with Crippen molar-refractivity contribution in [2.24, 2.45) is 0 Å². The Kier molecular flexibility index (Phi) is 5.12. The molecule has 10 heteroatoms. The van der Waals surface area contributed by atoms with Crippen molar-refractivity contribution in [2.75, 3.05) is 5.32 Å². The maximum atomic E-state index is 12.9. The van der Waals surface area contributed by atoms with Gasteiger partial charge in [-0.15, -0.1) is 0 Å². The second kappa shape index (κ2) is 7.34. The molecule has 0 unspecified atom stereocenters. The van der Waals surface area contributed by atoms with Crippen LogP contribution in [0.1, 0.15) is 20.8 Å². The Morgan fingerprint density at radius 1 is 1.26 bits per heavy atom. The maximum Gasteiger partial charge on any atom is 0.416 e. The van der Waals surface area contributed by atoms with Crippen LogP contribution in [-0.2, 0) is 6.18 Å². The molecule has 0 bridgehead atoms. The summed E-state index contributed by atoms with van der Waals surface area (Å²) >= 11 is 6.58. The van der Waals surface area contributed by atoms with Crippen LogP contribution in [-0.4, -0.2) is 15.9 Å². The van der Waals surface area contributed by atoms with E-state index in [0.29, 0.717) is 11.8 Å². The van der Waals surface area contributed by atoms with Gasteiger partial charge in [0.1, 0.15) is 16.6 Å². The zero-order valence-electron chi connectivity index (χ0n) is 13.2. The standard InChI is InChI=1S/C17H8ClF3N4OS/c18-11-6-9(5-10(7-11)17(19,20)21)15(26)25-16-24-14(13(8-22)27-16)12-3-1-2-4-23-12/h1-7H,(H,24,25,26). The number of carbonyl (C=O) groups excluding carboxylic acids is 1. The van der Waals surface area contributed by atoms with Crippen LogP contribution in [0.25, 0.3) is 11.4 Å². The van der Waals surface area contributed by atoms with Crippen molar-refractivity contribution in [3.63, 3.8) is 0 Å². The maximum absolute atomic E-state index is 12.9. The summed E-state index contributed by atoms with van der Waals surface area (Å²) in [7, 11) is 0. The lowest BCUT2D eigenvalue weighted by Gasteiger charge is -2.09. The van der Waals surface area contributed by atoms with Gasteiger partial charge in [-0.3, -0.25) is 15.1 Å². The van der Waals surface area contributed by atoms with E-state index in [1.165, 1.54) is 6.20 Å². The van der Waals surface area contributed by atoms with Crippen molar-refractivity contribution >= 4 is 34.0 Å². The number of alkyl halides is 3. The number of hydrogen-bond donors (Lipinski definition) is 1. The summed E-state index contributed by atoms with van der Waals surface area (Å²) in [5, 5.41) is 11.5. The van der Waals surface area contributed by atoms with Gasteiger partial charge in [-0.05, 0) is 30.3 Å². The highest BCUT2D eigenvalue weighted by Crippen LogP contribution is 2.33. The molecule has 5 nitrogen and oxygen atoms in total. The van der Waals surface area contributed by atoms with Gasteiger partial charge in [0, 0.05) is 16.8 Å². The molecule has 0 aliphatic rings. The minimum absolute atomic E-state index is 0.0609. The molecule has 0 saturated carbocycles. The van der Waals surface area contributed by atoms with Gasteiger partial charge < -0.3 is 0 Å². The zero-order chi connectivity index (χ0) is 19.6. The van der Waals surface area contributed by atoms with Crippen molar-refractivity contribution in [2.45, 2.75) is 6.18 Å². The summed E-state index contributed by atoms with van der Waals surface area (Å²) in [6.07, 6.45) is -3.11. The van der Waals surface area contributed by atoms with E-state index in [1.54, 1.807) is 18.2 Å². The molecule has 2 aromatic heterocycles. The minimum atomic E-state index is -4.64. The van der Waals surface area contributed by atoms with E-state index in [-0.39, 0.29) is 26.3 Å². The lowest BCUT2D eigenvalue weighted by atomic mass is 10.1. The Labute approximate surface area is 160 Å². The lowest BCUT2D eigenvalue weighted by Crippen LogP contribution is -2.14. The summed E-state index contributed by atoms with van der Waals surface area (Å²) in [6.45, 7) is 0. The molecule has 0 radical (unpaired) electrons. The number of pyridine rings is 1. The Morgan fingerprint density at radius 2 is 2.04 bits per heavy atom. The Bertz CT molecular complexity index is 1040. The molecule has 136 valence electrons. The molecule has 0 aliphatic carbocycles. The van der Waals surface area contributed by atoms with E-state index in [4.69, 9.17) is 11.6 Å². The second-order valence-electron chi connectivity index (χ2n) is 5.20. The van der Waals surface area contributed by atoms with Crippen molar-refractivity contribution in [3.05, 3.63) is 63.6 Å². The first-order valence-electron chi connectivity index (χ1n) is 7.29. The number of anilines is 1. The largest absolute Gasteiger partial charge is 0.416 e. The number of benzene rings is 1. The summed E-state index contributed by atoms with van der Waals surface area (Å²) in [5.41, 5.74) is -0.595. The molecule has 1 N–H and O–H groups in total. The van der Waals surface area contributed by atoms with Crippen LogP contribution in [0.2, 0.25) is 5.02 Å². The molecule has 0 atom stereocenters. The van der Waals surface area contributed by atoms with Gasteiger partial charge in [-0.25, -0.2) is 4.98 Å². The zero-order valence-corrected chi connectivity index (χ0v) is 14.8. The SMILES string of the molecule is N#Cc1sc(NC(=O)c2cc(Cl)cc(C(F)(F)F)c2)nc1-c1ccccn1. The Balaban J connectivity index is 1.91. The smallest absolute Gasteiger partial charge is 0.298 e. The first-order valence-corrected chi connectivity index (χ1v) is 8.49. The number of aromatic nitrogens is 2. The number of nitrogens with one attached hydrogen (secondary N) is 1. The van der Waals surface area contributed by atoms with E-state index in [0.717, 1.165) is 23.5 Å². The van der Waals surface area contributed by atoms with Crippen molar-refractivity contribution in [1.29, 1.82) is 5.26 Å². The lowest BCUT2D eigenvalue weighted by molar-refractivity contribution is -0.137. The van der Waals surface area contributed by atoms with Crippen LogP contribution in [0.3, 0.4) is 0 Å². The van der Waals surface area contributed by atoms with Crippen molar-refractivity contribution < 1.29 is 18.0 Å². The number of nitrogens with zero attached hydrogens (tertiary/aromatic N) is 3. The summed E-state index contributed by atoms with van der Waals surface area (Å²) in [4.78, 5) is 20.8. The Morgan fingerprint density at radius 3 is 2.67 bits per heavy atom. The molecule has 2 heterocycles. The summed E-state index contributed by atoms with van der Waals surface area (Å²) in [6, 6.07) is 9.56. The Hall–Kier alpha value is -2.96. The first kappa shape index (κ1) is 18.8. The predicted molar refractivity (Wildman–Crippen MR) is 94.5 cm³/mol. The molecule has 0 saturated heterocycles. The highest BCUT2D eigenvalue weighted by atomic mass is 35.5. The average molecular weight is 409 g/mol. The molecule has 0 spiro atoms. The number of carbonyl (C=O) groups is 1. The third-order valence-corrected chi connectivity index (χ3v) is 4.44. The fraction of sp³-hybridized carbons (Fsp3) is 0.0588. The molecule has 1 aromatic carbocycles. The monoisotopic (exact) mass is 408 g/mol. The van der Waals surface area contributed by atoms with Gasteiger partial charge in [0.25, 0.3) is 5.91 Å². The minimum Gasteiger partial charge on any atom is -0.298 e. The first-order chi connectivity index (χ1) is 12.8. The van der Waals surface area contributed by atoms with Crippen LogP contribution in [0, 0.1) is 11.3 Å². The molecule has 1 amide bonds. The molecule has 0 aliphatic heterocycles. The molecule has 27 heavy (non-hydrogen) atoms. The number of hydrogen-bond acceptors (Lipinski definition) is 5. The number of thiazole rings is 1. The van der Waals surface area contributed by atoms with E-state index in [9.17, 15) is 23.2 Å².